The number of hydrogen-bond donors (Lipinski definition) is 0. The van der Waals surface area contributed by atoms with Crippen LogP contribution in [-0.2, 0) is 0 Å². The molecule has 0 rings (SSSR count). The molecule has 0 amide bonds. The van der Waals surface area contributed by atoms with Gasteiger partial charge in [-0.15, -0.1) is 0 Å². The molecule has 0 aliphatic carbocycles. The van der Waals surface area contributed by atoms with E-state index in [0.717, 1.165) is 0 Å². The van der Waals surface area contributed by atoms with Crippen LogP contribution in [0.5, 0.6) is 0 Å². The zero-order valence-electron chi connectivity index (χ0n) is 11.7. The fourth-order valence-electron chi connectivity index (χ4n) is 1.51. The maximum atomic E-state index is 2.55. The normalized spacial score (nSPS) is 13.2. The third kappa shape index (κ3) is 15.9. The van der Waals surface area contributed by atoms with Gasteiger partial charge in [-0.25, -0.2) is 0 Å². The summed E-state index contributed by atoms with van der Waals surface area (Å²) >= 11 is -0.635. The molecule has 0 spiro atoms. The molecular formula is C12H30SSn2. The molecule has 0 saturated carbocycles. The predicted octanol–water partition coefficient (Wildman–Crippen LogP) is 5.18. The molecule has 0 aliphatic heterocycles. The molecule has 0 atom stereocenters. The molecule has 0 heterocycles. The molecule has 0 aromatic rings. The van der Waals surface area contributed by atoms with E-state index in [2.05, 4.69) is 41.4 Å². The van der Waals surface area contributed by atoms with Crippen molar-refractivity contribution >= 4 is 48.5 Å². The fourth-order valence-corrected chi connectivity index (χ4v) is 10.9. The van der Waals surface area contributed by atoms with E-state index in [-0.39, 0.29) is 0 Å². The topological polar surface area (TPSA) is 0 Å². The first kappa shape index (κ1) is 16.9. The van der Waals surface area contributed by atoms with Crippen molar-refractivity contribution in [2.24, 2.45) is 0 Å². The SMILES string of the molecule is [CH3][Sn]([CH3])([CH3])[CH2]CCSCC[CH2][Sn]([CH3])([CH3])[CH3]. The van der Waals surface area contributed by atoms with Crippen LogP contribution in [0.3, 0.4) is 0 Å². The molecular weight excluding hydrogens is 414 g/mol. The van der Waals surface area contributed by atoms with Gasteiger partial charge in [0.1, 0.15) is 0 Å². The van der Waals surface area contributed by atoms with Crippen molar-refractivity contribution in [2.45, 2.75) is 51.4 Å². The van der Waals surface area contributed by atoms with Gasteiger partial charge in [0, 0.05) is 0 Å². The van der Waals surface area contributed by atoms with E-state index in [4.69, 9.17) is 0 Å². The average molecular weight is 444 g/mol. The zero-order valence-corrected chi connectivity index (χ0v) is 18.2. The fraction of sp³-hybridized carbons (Fsp3) is 1.00. The summed E-state index contributed by atoms with van der Waals surface area (Å²) in [4.78, 5) is 15.3. The molecule has 0 saturated heterocycles. The minimum absolute atomic E-state index is 1.42. The van der Waals surface area contributed by atoms with E-state index in [1.165, 1.54) is 24.3 Å². The Hall–Kier alpha value is 1.95. The van der Waals surface area contributed by atoms with Gasteiger partial charge in [0.05, 0.1) is 0 Å². The van der Waals surface area contributed by atoms with Crippen LogP contribution in [-0.4, -0.2) is 48.3 Å². The number of rotatable bonds is 8. The Balaban J connectivity index is 3.20. The first-order valence-electron chi connectivity index (χ1n) is 6.28. The van der Waals surface area contributed by atoms with Gasteiger partial charge in [0.2, 0.25) is 0 Å². The Morgan fingerprint density at radius 3 is 1.27 bits per heavy atom. The Morgan fingerprint density at radius 2 is 1.00 bits per heavy atom. The molecule has 15 heavy (non-hydrogen) atoms. The average Bonchev–Trinajstić information content (AvgIpc) is 1.98. The van der Waals surface area contributed by atoms with E-state index in [0.29, 0.717) is 0 Å². The molecule has 0 aliphatic rings. The summed E-state index contributed by atoms with van der Waals surface area (Å²) in [5.41, 5.74) is 0. The van der Waals surface area contributed by atoms with Crippen LogP contribution in [0.15, 0.2) is 0 Å². The van der Waals surface area contributed by atoms with Gasteiger partial charge in [0.15, 0.2) is 0 Å². The quantitative estimate of drug-likeness (QED) is 0.368. The third-order valence-electron chi connectivity index (χ3n) is 2.43. The van der Waals surface area contributed by atoms with Gasteiger partial charge in [-0.05, 0) is 0 Å². The van der Waals surface area contributed by atoms with Crippen LogP contribution in [0.2, 0.25) is 38.5 Å². The van der Waals surface area contributed by atoms with Crippen LogP contribution in [0.25, 0.3) is 0 Å². The van der Waals surface area contributed by atoms with E-state index in [9.17, 15) is 0 Å². The summed E-state index contributed by atoms with van der Waals surface area (Å²) in [6.45, 7) is 0. The van der Waals surface area contributed by atoms with Gasteiger partial charge in [0.25, 0.3) is 0 Å². The van der Waals surface area contributed by atoms with E-state index in [1.54, 1.807) is 8.87 Å². The van der Waals surface area contributed by atoms with Crippen LogP contribution < -0.4 is 0 Å². The van der Waals surface area contributed by atoms with Crippen molar-refractivity contribution in [3.63, 3.8) is 0 Å². The van der Waals surface area contributed by atoms with Crippen molar-refractivity contribution < 1.29 is 0 Å². The molecule has 0 aromatic heterocycles. The zero-order chi connectivity index (χ0) is 11.9. The second kappa shape index (κ2) is 8.12. The van der Waals surface area contributed by atoms with Crippen LogP contribution in [0.1, 0.15) is 12.8 Å². The third-order valence-corrected chi connectivity index (χ3v) is 14.2. The van der Waals surface area contributed by atoms with Crippen molar-refractivity contribution in [1.29, 1.82) is 0 Å². The maximum absolute atomic E-state index is 2.55. The number of hydrogen-bond acceptors (Lipinski definition) is 1. The van der Waals surface area contributed by atoms with Gasteiger partial charge in [-0.1, -0.05) is 0 Å². The molecule has 3 heteroatoms. The summed E-state index contributed by atoms with van der Waals surface area (Å²) < 4.78 is 3.17. The van der Waals surface area contributed by atoms with Gasteiger partial charge < -0.3 is 0 Å². The van der Waals surface area contributed by atoms with Gasteiger partial charge in [-0.3, -0.25) is 0 Å². The second-order valence-electron chi connectivity index (χ2n) is 6.94. The summed E-state index contributed by atoms with van der Waals surface area (Å²) in [7, 11) is 0. The molecule has 92 valence electrons. The first-order valence-corrected chi connectivity index (χ1v) is 28.6. The van der Waals surface area contributed by atoms with Gasteiger partial charge >= 0.3 is 111 Å². The number of thioether (sulfide) groups is 1. The molecule has 0 aromatic carbocycles. The summed E-state index contributed by atoms with van der Waals surface area (Å²) in [5.74, 6) is 2.85. The van der Waals surface area contributed by atoms with E-state index >= 15 is 0 Å². The molecule has 0 fully saturated rings. The molecule has 0 bridgehead atoms. The van der Waals surface area contributed by atoms with Crippen molar-refractivity contribution in [3.05, 3.63) is 0 Å². The second-order valence-corrected chi connectivity index (χ2v) is 40.3. The van der Waals surface area contributed by atoms with Crippen molar-refractivity contribution in [3.8, 4) is 0 Å². The minimum atomic E-state index is -1.42. The van der Waals surface area contributed by atoms with E-state index in [1.807, 2.05) is 0 Å². The molecule has 0 radical (unpaired) electrons. The summed E-state index contributed by atoms with van der Waals surface area (Å²) in [6, 6.07) is 0. The molecule has 0 nitrogen and oxygen atoms in total. The Bertz CT molecular complexity index is 138. The van der Waals surface area contributed by atoms with Crippen molar-refractivity contribution in [2.75, 3.05) is 11.5 Å². The van der Waals surface area contributed by atoms with Crippen molar-refractivity contribution in [1.82, 2.24) is 0 Å². The first-order chi connectivity index (χ1) is 6.71. The van der Waals surface area contributed by atoms with Gasteiger partial charge in [-0.2, -0.15) is 0 Å². The Kier molecular flexibility index (Phi) is 9.17. The standard InChI is InChI=1S/C6H12S.6CH3.2Sn/c1-3-5-7-6-4-2;;;;;;;;/h1-6H2;6*1H3;;. The van der Waals surface area contributed by atoms with E-state index < -0.39 is 36.8 Å². The van der Waals surface area contributed by atoms with Crippen LogP contribution >= 0.6 is 11.8 Å². The Morgan fingerprint density at radius 1 is 0.667 bits per heavy atom. The summed E-state index contributed by atoms with van der Waals surface area (Å²) in [6.07, 6.45) is 2.98. The monoisotopic (exact) mass is 446 g/mol. The van der Waals surface area contributed by atoms with Crippen LogP contribution in [0.4, 0.5) is 0 Å². The van der Waals surface area contributed by atoms with Crippen LogP contribution in [0, 0.1) is 0 Å². The molecule has 0 N–H and O–H groups in total. The Labute approximate surface area is 110 Å². The summed E-state index contributed by atoms with van der Waals surface area (Å²) in [5, 5.41) is 0. The molecule has 0 unspecified atom stereocenters. The predicted molar refractivity (Wildman–Crippen MR) is 82.9 cm³/mol.